The van der Waals surface area contributed by atoms with Gasteiger partial charge < -0.3 is 10.1 Å². The van der Waals surface area contributed by atoms with E-state index in [1.807, 2.05) is 55.5 Å². The van der Waals surface area contributed by atoms with Crippen molar-refractivity contribution >= 4 is 28.4 Å². The Balaban J connectivity index is 1.84. The van der Waals surface area contributed by atoms with Crippen LogP contribution in [0.25, 0.3) is 16.8 Å². The third-order valence-corrected chi connectivity index (χ3v) is 3.91. The molecule has 128 valence electrons. The van der Waals surface area contributed by atoms with Crippen LogP contribution in [0.15, 0.2) is 72.3 Å². The summed E-state index contributed by atoms with van der Waals surface area (Å²) < 4.78 is 5.38. The summed E-state index contributed by atoms with van der Waals surface area (Å²) in [6.07, 6.45) is 1.62. The van der Waals surface area contributed by atoms with E-state index >= 15 is 0 Å². The molecule has 1 N–H and O–H groups in total. The number of carbonyl (C=O) groups excluding carboxylic acids is 1. The number of benzene rings is 3. The van der Waals surface area contributed by atoms with E-state index in [0.29, 0.717) is 12.3 Å². The molecule has 0 bridgehead atoms. The van der Waals surface area contributed by atoms with Gasteiger partial charge in [0, 0.05) is 5.69 Å². The zero-order valence-corrected chi connectivity index (χ0v) is 14.4. The van der Waals surface area contributed by atoms with Gasteiger partial charge in [0.15, 0.2) is 0 Å². The smallest absolute Gasteiger partial charge is 0.266 e. The SMILES string of the molecule is CCOc1ccc(NC(=O)C(C#N)=Cc2cccc3ccccc23)cc1. The number of rotatable bonds is 5. The van der Waals surface area contributed by atoms with Gasteiger partial charge in [-0.2, -0.15) is 5.26 Å². The van der Waals surface area contributed by atoms with E-state index in [-0.39, 0.29) is 5.57 Å². The van der Waals surface area contributed by atoms with Gasteiger partial charge in [-0.25, -0.2) is 0 Å². The van der Waals surface area contributed by atoms with E-state index < -0.39 is 5.91 Å². The summed E-state index contributed by atoms with van der Waals surface area (Å²) in [7, 11) is 0. The van der Waals surface area contributed by atoms with E-state index in [1.165, 1.54) is 0 Å². The van der Waals surface area contributed by atoms with Crippen molar-refractivity contribution in [1.29, 1.82) is 5.26 Å². The first kappa shape index (κ1) is 17.2. The molecule has 0 radical (unpaired) electrons. The van der Waals surface area contributed by atoms with Gasteiger partial charge >= 0.3 is 0 Å². The molecule has 0 aliphatic heterocycles. The highest BCUT2D eigenvalue weighted by molar-refractivity contribution is 6.10. The summed E-state index contributed by atoms with van der Waals surface area (Å²) in [5.74, 6) is 0.293. The van der Waals surface area contributed by atoms with Crippen LogP contribution in [0.3, 0.4) is 0 Å². The van der Waals surface area contributed by atoms with E-state index in [4.69, 9.17) is 4.74 Å². The van der Waals surface area contributed by atoms with Gasteiger partial charge in [0.25, 0.3) is 5.91 Å². The largest absolute Gasteiger partial charge is 0.494 e. The molecule has 0 saturated carbocycles. The summed E-state index contributed by atoms with van der Waals surface area (Å²) >= 11 is 0. The lowest BCUT2D eigenvalue weighted by Crippen LogP contribution is -2.13. The van der Waals surface area contributed by atoms with Crippen LogP contribution in [0.4, 0.5) is 5.69 Å². The lowest BCUT2D eigenvalue weighted by atomic mass is 10.0. The first-order valence-corrected chi connectivity index (χ1v) is 8.35. The molecule has 0 fully saturated rings. The minimum absolute atomic E-state index is 0.0511. The molecule has 4 nitrogen and oxygen atoms in total. The van der Waals surface area contributed by atoms with E-state index in [1.54, 1.807) is 30.3 Å². The fraction of sp³-hybridized carbons (Fsp3) is 0.0909. The predicted molar refractivity (Wildman–Crippen MR) is 104 cm³/mol. The number of amides is 1. The molecule has 26 heavy (non-hydrogen) atoms. The average molecular weight is 342 g/mol. The molecule has 0 spiro atoms. The Bertz CT molecular complexity index is 993. The topological polar surface area (TPSA) is 62.1 Å². The monoisotopic (exact) mass is 342 g/mol. The van der Waals surface area contributed by atoms with Gasteiger partial charge in [-0.3, -0.25) is 4.79 Å². The second-order valence-corrected chi connectivity index (χ2v) is 5.65. The Labute approximate surface area is 152 Å². The van der Waals surface area contributed by atoms with E-state index in [0.717, 1.165) is 22.1 Å². The summed E-state index contributed by atoms with van der Waals surface area (Å²) in [6.45, 7) is 2.49. The fourth-order valence-electron chi connectivity index (χ4n) is 2.68. The van der Waals surface area contributed by atoms with Crippen LogP contribution in [0.5, 0.6) is 5.75 Å². The zero-order chi connectivity index (χ0) is 18.4. The predicted octanol–water partition coefficient (Wildman–Crippen LogP) is 4.78. The summed E-state index contributed by atoms with van der Waals surface area (Å²) in [5, 5.41) is 14.2. The molecule has 3 aromatic carbocycles. The molecule has 0 aliphatic rings. The van der Waals surface area contributed by atoms with Crippen molar-refractivity contribution in [3.8, 4) is 11.8 Å². The van der Waals surface area contributed by atoms with Crippen molar-refractivity contribution in [2.75, 3.05) is 11.9 Å². The normalized spacial score (nSPS) is 11.0. The van der Waals surface area contributed by atoms with Crippen LogP contribution in [0.1, 0.15) is 12.5 Å². The maximum absolute atomic E-state index is 12.5. The van der Waals surface area contributed by atoms with E-state index in [9.17, 15) is 10.1 Å². The lowest BCUT2D eigenvalue weighted by molar-refractivity contribution is -0.112. The summed E-state index contributed by atoms with van der Waals surface area (Å²) in [5.41, 5.74) is 1.49. The second kappa shape index (κ2) is 8.00. The number of nitrogens with zero attached hydrogens (tertiary/aromatic N) is 1. The molecular weight excluding hydrogens is 324 g/mol. The lowest BCUT2D eigenvalue weighted by Gasteiger charge is -2.07. The van der Waals surface area contributed by atoms with Crippen molar-refractivity contribution in [3.63, 3.8) is 0 Å². The van der Waals surface area contributed by atoms with Crippen LogP contribution in [-0.2, 0) is 4.79 Å². The van der Waals surface area contributed by atoms with Crippen LogP contribution < -0.4 is 10.1 Å². The minimum atomic E-state index is -0.440. The number of nitrogens with one attached hydrogen (secondary N) is 1. The minimum Gasteiger partial charge on any atom is -0.494 e. The number of anilines is 1. The molecule has 3 rings (SSSR count). The van der Waals surface area contributed by atoms with Crippen molar-refractivity contribution in [2.24, 2.45) is 0 Å². The van der Waals surface area contributed by atoms with Gasteiger partial charge in [-0.05, 0) is 53.6 Å². The Morgan fingerprint density at radius 1 is 1.08 bits per heavy atom. The summed E-state index contributed by atoms with van der Waals surface area (Å²) in [4.78, 5) is 12.5. The molecule has 3 aromatic rings. The van der Waals surface area contributed by atoms with Crippen molar-refractivity contribution < 1.29 is 9.53 Å². The Morgan fingerprint density at radius 3 is 2.54 bits per heavy atom. The summed E-state index contributed by atoms with van der Waals surface area (Å²) in [6, 6.07) is 22.7. The van der Waals surface area contributed by atoms with Gasteiger partial charge in [-0.15, -0.1) is 0 Å². The maximum Gasteiger partial charge on any atom is 0.266 e. The highest BCUT2D eigenvalue weighted by Gasteiger charge is 2.10. The third-order valence-electron chi connectivity index (χ3n) is 3.91. The molecule has 1 amide bonds. The number of hydrogen-bond donors (Lipinski definition) is 1. The van der Waals surface area contributed by atoms with Gasteiger partial charge in [0.1, 0.15) is 17.4 Å². The Hall–Kier alpha value is -3.58. The Morgan fingerprint density at radius 2 is 1.81 bits per heavy atom. The molecule has 4 heteroatoms. The van der Waals surface area contributed by atoms with Crippen molar-refractivity contribution in [1.82, 2.24) is 0 Å². The molecule has 0 aromatic heterocycles. The molecule has 0 aliphatic carbocycles. The third kappa shape index (κ3) is 3.90. The highest BCUT2D eigenvalue weighted by Crippen LogP contribution is 2.21. The number of nitriles is 1. The van der Waals surface area contributed by atoms with Crippen molar-refractivity contribution in [3.05, 3.63) is 77.9 Å². The molecule has 0 unspecified atom stereocenters. The quantitative estimate of drug-likeness (QED) is 0.536. The fourth-order valence-corrected chi connectivity index (χ4v) is 2.68. The molecule has 0 heterocycles. The van der Waals surface area contributed by atoms with Gasteiger partial charge in [0.05, 0.1) is 6.61 Å². The van der Waals surface area contributed by atoms with Crippen LogP contribution in [0, 0.1) is 11.3 Å². The zero-order valence-electron chi connectivity index (χ0n) is 14.4. The van der Waals surface area contributed by atoms with Crippen molar-refractivity contribution in [2.45, 2.75) is 6.92 Å². The number of ether oxygens (including phenoxy) is 1. The molecule has 0 atom stereocenters. The van der Waals surface area contributed by atoms with Gasteiger partial charge in [-0.1, -0.05) is 42.5 Å². The maximum atomic E-state index is 12.5. The number of carbonyl (C=O) groups is 1. The van der Waals surface area contributed by atoms with Crippen LogP contribution in [0.2, 0.25) is 0 Å². The Kier molecular flexibility index (Phi) is 5.31. The average Bonchev–Trinajstić information content (AvgIpc) is 2.68. The van der Waals surface area contributed by atoms with Gasteiger partial charge in [0.2, 0.25) is 0 Å². The van der Waals surface area contributed by atoms with Crippen LogP contribution >= 0.6 is 0 Å². The molecule has 0 saturated heterocycles. The number of hydrogen-bond acceptors (Lipinski definition) is 3. The van der Waals surface area contributed by atoms with E-state index in [2.05, 4.69) is 5.32 Å². The highest BCUT2D eigenvalue weighted by atomic mass is 16.5. The standard InChI is InChI=1S/C22H18N2O2/c1-2-26-20-12-10-19(11-13-20)24-22(25)18(15-23)14-17-8-5-7-16-6-3-4-9-21(16)17/h3-14H,2H2,1H3,(H,24,25). The first-order valence-electron chi connectivity index (χ1n) is 8.35. The molecular formula is C22H18N2O2. The van der Waals surface area contributed by atoms with Crippen LogP contribution in [-0.4, -0.2) is 12.5 Å². The second-order valence-electron chi connectivity index (χ2n) is 5.65. The first-order chi connectivity index (χ1) is 12.7. The number of fused-ring (bicyclic) bond motifs is 1.